The van der Waals surface area contributed by atoms with E-state index in [-0.39, 0.29) is 5.69 Å². The third-order valence-electron chi connectivity index (χ3n) is 3.27. The summed E-state index contributed by atoms with van der Waals surface area (Å²) in [6.07, 6.45) is 2.34. The number of nitrogens with zero attached hydrogens (tertiary/aromatic N) is 2. The first kappa shape index (κ1) is 15.4. The summed E-state index contributed by atoms with van der Waals surface area (Å²) in [7, 11) is 3.42. The highest BCUT2D eigenvalue weighted by Crippen LogP contribution is 2.24. The summed E-state index contributed by atoms with van der Waals surface area (Å²) in [5, 5.41) is 2.88. The quantitative estimate of drug-likeness (QED) is 0.887. The number of hydrogen-bond donors (Lipinski definition) is 1. The molecule has 2 aromatic rings. The van der Waals surface area contributed by atoms with Crippen LogP contribution >= 0.6 is 0 Å². The van der Waals surface area contributed by atoms with Crippen LogP contribution in [0.4, 0.5) is 14.5 Å². The molecule has 1 heterocycles. The molecule has 0 aliphatic carbocycles. The second-order valence-corrected chi connectivity index (χ2v) is 4.93. The van der Waals surface area contributed by atoms with E-state index in [0.717, 1.165) is 5.69 Å². The monoisotopic (exact) mass is 291 g/mol. The predicted molar refractivity (Wildman–Crippen MR) is 80.3 cm³/mol. The maximum absolute atomic E-state index is 14.1. The topological polar surface area (TPSA) is 28.2 Å². The molecule has 0 saturated carbocycles. The number of hydrogen-bond acceptors (Lipinski definition) is 3. The zero-order chi connectivity index (χ0) is 15.2. The summed E-state index contributed by atoms with van der Waals surface area (Å²) < 4.78 is 28.2. The van der Waals surface area contributed by atoms with Gasteiger partial charge in [-0.2, -0.15) is 0 Å². The van der Waals surface area contributed by atoms with E-state index in [0.29, 0.717) is 25.1 Å². The first-order valence-corrected chi connectivity index (χ1v) is 6.85. The van der Waals surface area contributed by atoms with Gasteiger partial charge in [-0.3, -0.25) is 4.98 Å². The molecule has 0 saturated heterocycles. The van der Waals surface area contributed by atoms with Gasteiger partial charge in [0.05, 0.1) is 0 Å². The Morgan fingerprint density at radius 3 is 2.48 bits per heavy atom. The third kappa shape index (κ3) is 3.98. The Morgan fingerprint density at radius 1 is 1.19 bits per heavy atom. The highest BCUT2D eigenvalue weighted by atomic mass is 19.1. The standard InChI is InChI=1S/C16H19F2N3/c1-19-11-12-9-14(17)16(15(18)10-12)21(2)8-6-13-5-3-4-7-20-13/h3-5,7,9-10,19H,6,8,11H2,1-2H3. The van der Waals surface area contributed by atoms with E-state index in [4.69, 9.17) is 0 Å². The van der Waals surface area contributed by atoms with Crippen LogP contribution in [0.1, 0.15) is 11.3 Å². The summed E-state index contributed by atoms with van der Waals surface area (Å²) in [5.74, 6) is -1.08. The SMILES string of the molecule is CNCc1cc(F)c(N(C)CCc2ccccn2)c(F)c1. The van der Waals surface area contributed by atoms with E-state index in [9.17, 15) is 8.78 Å². The Morgan fingerprint density at radius 2 is 1.90 bits per heavy atom. The lowest BCUT2D eigenvalue weighted by Crippen LogP contribution is -2.23. The van der Waals surface area contributed by atoms with Gasteiger partial charge >= 0.3 is 0 Å². The molecule has 2 rings (SSSR count). The minimum atomic E-state index is -0.538. The summed E-state index contributed by atoms with van der Waals surface area (Å²) in [6, 6.07) is 8.37. The van der Waals surface area contributed by atoms with Gasteiger partial charge < -0.3 is 10.2 Å². The number of likely N-dealkylation sites (N-methyl/N-ethyl adjacent to an activating group) is 1. The largest absolute Gasteiger partial charge is 0.369 e. The normalized spacial score (nSPS) is 10.7. The third-order valence-corrected chi connectivity index (χ3v) is 3.27. The van der Waals surface area contributed by atoms with Crippen LogP contribution in [-0.2, 0) is 13.0 Å². The molecule has 0 bridgehead atoms. The fourth-order valence-corrected chi connectivity index (χ4v) is 2.23. The highest BCUT2D eigenvalue weighted by Gasteiger charge is 2.15. The van der Waals surface area contributed by atoms with Crippen molar-refractivity contribution in [2.45, 2.75) is 13.0 Å². The van der Waals surface area contributed by atoms with E-state index >= 15 is 0 Å². The molecule has 5 heteroatoms. The Labute approximate surface area is 123 Å². The number of nitrogens with one attached hydrogen (secondary N) is 1. The van der Waals surface area contributed by atoms with E-state index in [2.05, 4.69) is 10.3 Å². The van der Waals surface area contributed by atoms with Crippen LogP contribution < -0.4 is 10.2 Å². The molecule has 0 amide bonds. The van der Waals surface area contributed by atoms with E-state index < -0.39 is 11.6 Å². The van der Waals surface area contributed by atoms with Gasteiger partial charge in [-0.1, -0.05) is 6.07 Å². The lowest BCUT2D eigenvalue weighted by molar-refractivity contribution is 0.571. The van der Waals surface area contributed by atoms with Gasteiger partial charge in [0.2, 0.25) is 0 Å². The van der Waals surface area contributed by atoms with Crippen LogP contribution in [0.2, 0.25) is 0 Å². The second kappa shape index (κ2) is 7.13. The molecule has 0 aliphatic rings. The van der Waals surface area contributed by atoms with Crippen molar-refractivity contribution in [1.82, 2.24) is 10.3 Å². The molecule has 0 fully saturated rings. The first-order valence-electron chi connectivity index (χ1n) is 6.85. The van der Waals surface area contributed by atoms with E-state index in [1.54, 1.807) is 25.2 Å². The van der Waals surface area contributed by atoms with Crippen LogP contribution in [0.15, 0.2) is 36.5 Å². The van der Waals surface area contributed by atoms with Gasteiger partial charge in [0.1, 0.15) is 17.3 Å². The van der Waals surface area contributed by atoms with E-state index in [1.807, 2.05) is 18.2 Å². The van der Waals surface area contributed by atoms with Crippen molar-refractivity contribution in [2.24, 2.45) is 0 Å². The number of aromatic nitrogens is 1. The highest BCUT2D eigenvalue weighted by molar-refractivity contribution is 5.50. The molecule has 0 unspecified atom stereocenters. The maximum Gasteiger partial charge on any atom is 0.149 e. The molecule has 1 aromatic heterocycles. The Balaban J connectivity index is 2.10. The molecule has 112 valence electrons. The van der Waals surface area contributed by atoms with Gasteiger partial charge in [-0.15, -0.1) is 0 Å². The number of halogens is 2. The molecule has 3 nitrogen and oxygen atoms in total. The molecular weight excluding hydrogens is 272 g/mol. The van der Waals surface area contributed by atoms with Crippen molar-refractivity contribution < 1.29 is 8.78 Å². The zero-order valence-corrected chi connectivity index (χ0v) is 12.2. The Kier molecular flexibility index (Phi) is 5.22. The Hall–Kier alpha value is -2.01. The molecule has 0 radical (unpaired) electrons. The van der Waals surface area contributed by atoms with Crippen LogP contribution in [0.5, 0.6) is 0 Å². The minimum absolute atomic E-state index is 0.00536. The molecular formula is C16H19F2N3. The van der Waals surface area contributed by atoms with Crippen molar-refractivity contribution in [1.29, 1.82) is 0 Å². The maximum atomic E-state index is 14.1. The van der Waals surface area contributed by atoms with Gasteiger partial charge in [0.15, 0.2) is 0 Å². The average Bonchev–Trinajstić information content (AvgIpc) is 2.46. The van der Waals surface area contributed by atoms with Crippen molar-refractivity contribution in [3.05, 3.63) is 59.4 Å². The fourth-order valence-electron chi connectivity index (χ4n) is 2.23. The Bertz CT molecular complexity index is 564. The average molecular weight is 291 g/mol. The molecule has 0 spiro atoms. The molecule has 21 heavy (non-hydrogen) atoms. The van der Waals surface area contributed by atoms with Crippen LogP contribution in [0.3, 0.4) is 0 Å². The second-order valence-electron chi connectivity index (χ2n) is 4.93. The van der Waals surface area contributed by atoms with Gasteiger partial charge in [-0.05, 0) is 36.9 Å². The van der Waals surface area contributed by atoms with Crippen LogP contribution in [0, 0.1) is 11.6 Å². The zero-order valence-electron chi connectivity index (χ0n) is 12.2. The van der Waals surface area contributed by atoms with Crippen LogP contribution in [0.25, 0.3) is 0 Å². The van der Waals surface area contributed by atoms with Crippen molar-refractivity contribution >= 4 is 5.69 Å². The first-order chi connectivity index (χ1) is 10.1. The van der Waals surface area contributed by atoms with Gasteiger partial charge in [0, 0.05) is 38.4 Å². The summed E-state index contributed by atoms with van der Waals surface area (Å²) in [4.78, 5) is 5.79. The number of pyridine rings is 1. The predicted octanol–water partition coefficient (Wildman–Crippen LogP) is 2.76. The summed E-state index contributed by atoms with van der Waals surface area (Å²) >= 11 is 0. The van der Waals surface area contributed by atoms with Gasteiger partial charge in [0.25, 0.3) is 0 Å². The fraction of sp³-hybridized carbons (Fsp3) is 0.312. The molecule has 0 atom stereocenters. The van der Waals surface area contributed by atoms with Gasteiger partial charge in [-0.25, -0.2) is 8.78 Å². The minimum Gasteiger partial charge on any atom is -0.369 e. The summed E-state index contributed by atoms with van der Waals surface area (Å²) in [5.41, 5.74) is 1.50. The summed E-state index contributed by atoms with van der Waals surface area (Å²) in [6.45, 7) is 0.933. The number of rotatable bonds is 6. The smallest absolute Gasteiger partial charge is 0.149 e. The van der Waals surface area contributed by atoms with Crippen LogP contribution in [-0.4, -0.2) is 25.6 Å². The van der Waals surface area contributed by atoms with Crippen molar-refractivity contribution in [3.8, 4) is 0 Å². The van der Waals surface area contributed by atoms with Crippen molar-refractivity contribution in [2.75, 3.05) is 25.5 Å². The van der Waals surface area contributed by atoms with E-state index in [1.165, 1.54) is 12.1 Å². The lowest BCUT2D eigenvalue weighted by Gasteiger charge is -2.21. The molecule has 0 aliphatic heterocycles. The molecule has 1 N–H and O–H groups in total. The number of benzene rings is 1. The molecule has 1 aromatic carbocycles. The number of anilines is 1. The van der Waals surface area contributed by atoms with Crippen molar-refractivity contribution in [3.63, 3.8) is 0 Å². The lowest BCUT2D eigenvalue weighted by atomic mass is 10.1.